The highest BCUT2D eigenvalue weighted by molar-refractivity contribution is 5.98. The van der Waals surface area contributed by atoms with Crippen molar-refractivity contribution in [3.8, 4) is 0 Å². The van der Waals surface area contributed by atoms with E-state index in [1.165, 1.54) is 13.8 Å². The third kappa shape index (κ3) is 2.55. The van der Waals surface area contributed by atoms with Crippen LogP contribution in [0.3, 0.4) is 0 Å². The number of alkyl halides is 3. The van der Waals surface area contributed by atoms with E-state index < -0.39 is 18.7 Å². The quantitative estimate of drug-likeness (QED) is 0.621. The number of hydrogen-bond donors (Lipinski definition) is 0. The summed E-state index contributed by atoms with van der Waals surface area (Å²) in [5.74, 6) is -0.961. The molecule has 0 saturated carbocycles. The first-order valence-electron chi connectivity index (χ1n) is 5.02. The summed E-state index contributed by atoms with van der Waals surface area (Å²) in [6.07, 6.45) is -4.12. The van der Waals surface area contributed by atoms with Crippen molar-refractivity contribution in [3.05, 3.63) is 22.5 Å². The molecule has 0 bridgehead atoms. The second-order valence-corrected chi connectivity index (χ2v) is 3.78. The molecule has 7 heteroatoms. The summed E-state index contributed by atoms with van der Waals surface area (Å²) in [7, 11) is 1.05. The Balaban J connectivity index is 3.48. The molecule has 0 atom stereocenters. The Morgan fingerprint density at radius 1 is 1.39 bits per heavy atom. The highest BCUT2D eigenvalue weighted by atomic mass is 19.4. The van der Waals surface area contributed by atoms with Gasteiger partial charge in [0, 0.05) is 5.69 Å². The molecule has 0 saturated heterocycles. The van der Waals surface area contributed by atoms with Crippen LogP contribution in [0.15, 0.2) is 0 Å². The average molecular weight is 263 g/mol. The molecule has 1 heterocycles. The molecule has 0 aliphatic rings. The smallest absolute Gasteiger partial charge is 0.406 e. The first-order valence-corrected chi connectivity index (χ1v) is 5.02. The number of esters is 1. The third-order valence-electron chi connectivity index (χ3n) is 2.71. The number of carbonyl (C=O) groups excluding carboxylic acids is 2. The van der Waals surface area contributed by atoms with Crippen LogP contribution in [0.4, 0.5) is 13.2 Å². The molecule has 0 spiro atoms. The zero-order valence-electron chi connectivity index (χ0n) is 10.1. The van der Waals surface area contributed by atoms with Gasteiger partial charge in [-0.3, -0.25) is 4.79 Å². The molecule has 0 aromatic carbocycles. The van der Waals surface area contributed by atoms with Crippen molar-refractivity contribution in [2.75, 3.05) is 7.11 Å². The number of aromatic nitrogens is 1. The molecule has 18 heavy (non-hydrogen) atoms. The van der Waals surface area contributed by atoms with Gasteiger partial charge in [0.2, 0.25) is 0 Å². The number of aldehydes is 1. The lowest BCUT2D eigenvalue weighted by Gasteiger charge is -2.13. The SMILES string of the molecule is COC(=O)c1c(C=O)c(C)c(C)n1CC(F)(F)F. The fourth-order valence-electron chi connectivity index (χ4n) is 1.73. The van der Waals surface area contributed by atoms with Crippen molar-refractivity contribution >= 4 is 12.3 Å². The molecule has 0 aliphatic carbocycles. The molecular weight excluding hydrogens is 251 g/mol. The van der Waals surface area contributed by atoms with E-state index in [-0.39, 0.29) is 17.0 Å². The van der Waals surface area contributed by atoms with Gasteiger partial charge in [-0.1, -0.05) is 0 Å². The van der Waals surface area contributed by atoms with Crippen LogP contribution in [-0.4, -0.2) is 30.1 Å². The summed E-state index contributed by atoms with van der Waals surface area (Å²) in [6.45, 7) is 1.57. The topological polar surface area (TPSA) is 48.3 Å². The highest BCUT2D eigenvalue weighted by Gasteiger charge is 2.33. The van der Waals surface area contributed by atoms with Crippen LogP contribution in [0.1, 0.15) is 32.1 Å². The summed E-state index contributed by atoms with van der Waals surface area (Å²) >= 11 is 0. The molecule has 4 nitrogen and oxygen atoms in total. The number of hydrogen-bond acceptors (Lipinski definition) is 3. The monoisotopic (exact) mass is 263 g/mol. The van der Waals surface area contributed by atoms with Gasteiger partial charge in [-0.2, -0.15) is 13.2 Å². The fraction of sp³-hybridized carbons (Fsp3) is 0.455. The predicted octanol–water partition coefficient (Wildman–Crippen LogP) is 2.27. The van der Waals surface area contributed by atoms with Gasteiger partial charge < -0.3 is 9.30 Å². The van der Waals surface area contributed by atoms with E-state index >= 15 is 0 Å². The maximum atomic E-state index is 12.5. The Morgan fingerprint density at radius 3 is 2.33 bits per heavy atom. The maximum absolute atomic E-state index is 12.5. The van der Waals surface area contributed by atoms with Crippen LogP contribution in [0.2, 0.25) is 0 Å². The number of methoxy groups -OCH3 is 1. The lowest BCUT2D eigenvalue weighted by atomic mass is 10.1. The van der Waals surface area contributed by atoms with Gasteiger partial charge >= 0.3 is 12.1 Å². The first kappa shape index (κ1) is 14.3. The summed E-state index contributed by atoms with van der Waals surface area (Å²) in [5, 5.41) is 0. The minimum atomic E-state index is -4.49. The minimum absolute atomic E-state index is 0.0661. The van der Waals surface area contributed by atoms with Crippen molar-refractivity contribution in [2.45, 2.75) is 26.6 Å². The molecule has 0 N–H and O–H groups in total. The molecule has 0 aliphatic heterocycles. The second kappa shape index (κ2) is 4.83. The Labute approximate surface area is 101 Å². The minimum Gasteiger partial charge on any atom is -0.464 e. The molecule has 0 fully saturated rings. The number of halogens is 3. The Morgan fingerprint density at radius 2 is 1.94 bits per heavy atom. The van der Waals surface area contributed by atoms with Crippen molar-refractivity contribution in [3.63, 3.8) is 0 Å². The summed E-state index contributed by atoms with van der Waals surface area (Å²) in [6, 6.07) is 0. The van der Waals surface area contributed by atoms with E-state index in [9.17, 15) is 22.8 Å². The Kier molecular flexibility index (Phi) is 3.83. The van der Waals surface area contributed by atoms with Gasteiger partial charge in [-0.25, -0.2) is 4.79 Å². The number of nitrogens with zero attached hydrogens (tertiary/aromatic N) is 1. The second-order valence-electron chi connectivity index (χ2n) is 3.78. The summed E-state index contributed by atoms with van der Waals surface area (Å²) in [5.41, 5.74) is 0.132. The molecule has 1 aromatic rings. The van der Waals surface area contributed by atoms with E-state index in [1.54, 1.807) is 0 Å². The predicted molar refractivity (Wildman–Crippen MR) is 56.7 cm³/mol. The van der Waals surface area contributed by atoms with Gasteiger partial charge in [0.15, 0.2) is 6.29 Å². The molecule has 0 radical (unpaired) electrons. The van der Waals surface area contributed by atoms with Crippen molar-refractivity contribution in [1.29, 1.82) is 0 Å². The van der Waals surface area contributed by atoms with Crippen molar-refractivity contribution in [2.24, 2.45) is 0 Å². The molecule has 0 unspecified atom stereocenters. The van der Waals surface area contributed by atoms with E-state index in [1.807, 2.05) is 0 Å². The van der Waals surface area contributed by atoms with Crippen molar-refractivity contribution < 1.29 is 27.5 Å². The molecular formula is C11H12F3NO3. The Bertz CT molecular complexity index is 489. The van der Waals surface area contributed by atoms with Gasteiger partial charge in [-0.15, -0.1) is 0 Å². The van der Waals surface area contributed by atoms with E-state index in [2.05, 4.69) is 4.74 Å². The normalized spacial score (nSPS) is 11.4. The average Bonchev–Trinajstić information content (AvgIpc) is 2.50. The zero-order chi connectivity index (χ0) is 14.1. The Hall–Kier alpha value is -1.79. The maximum Gasteiger partial charge on any atom is 0.406 e. The first-order chi connectivity index (χ1) is 8.22. The fourth-order valence-corrected chi connectivity index (χ4v) is 1.73. The van der Waals surface area contributed by atoms with Gasteiger partial charge in [0.05, 0.1) is 12.7 Å². The summed E-state index contributed by atoms with van der Waals surface area (Å²) < 4.78 is 42.5. The third-order valence-corrected chi connectivity index (χ3v) is 2.71. The standard InChI is InChI=1S/C11H12F3NO3/c1-6-7(2)15(5-11(12,13)14)9(8(6)4-16)10(17)18-3/h4H,5H2,1-3H3. The van der Waals surface area contributed by atoms with Gasteiger partial charge in [-0.05, 0) is 19.4 Å². The van der Waals surface area contributed by atoms with Crippen LogP contribution in [0.25, 0.3) is 0 Å². The van der Waals surface area contributed by atoms with E-state index in [0.717, 1.165) is 11.7 Å². The molecule has 100 valence electrons. The van der Waals surface area contributed by atoms with Crippen LogP contribution in [0.5, 0.6) is 0 Å². The zero-order valence-corrected chi connectivity index (χ0v) is 10.1. The van der Waals surface area contributed by atoms with E-state index in [4.69, 9.17) is 0 Å². The lowest BCUT2D eigenvalue weighted by molar-refractivity contribution is -0.141. The van der Waals surface area contributed by atoms with Crippen LogP contribution < -0.4 is 0 Å². The number of ether oxygens (including phenoxy) is 1. The number of rotatable bonds is 3. The van der Waals surface area contributed by atoms with Gasteiger partial charge in [0.1, 0.15) is 12.2 Å². The van der Waals surface area contributed by atoms with Crippen LogP contribution >= 0.6 is 0 Å². The van der Waals surface area contributed by atoms with Crippen LogP contribution in [-0.2, 0) is 11.3 Å². The summed E-state index contributed by atoms with van der Waals surface area (Å²) in [4.78, 5) is 22.4. The molecule has 0 amide bonds. The molecule has 1 rings (SSSR count). The number of carbonyl (C=O) groups is 2. The van der Waals surface area contributed by atoms with E-state index in [0.29, 0.717) is 11.8 Å². The molecule has 1 aromatic heterocycles. The largest absolute Gasteiger partial charge is 0.464 e. The van der Waals surface area contributed by atoms with Crippen molar-refractivity contribution in [1.82, 2.24) is 4.57 Å². The van der Waals surface area contributed by atoms with Crippen LogP contribution in [0, 0.1) is 13.8 Å². The lowest BCUT2D eigenvalue weighted by Crippen LogP contribution is -2.23. The van der Waals surface area contributed by atoms with Gasteiger partial charge in [0.25, 0.3) is 0 Å². The highest BCUT2D eigenvalue weighted by Crippen LogP contribution is 2.26.